The van der Waals surface area contributed by atoms with Gasteiger partial charge in [0, 0.05) is 25.6 Å². The topological polar surface area (TPSA) is 78.5 Å². The van der Waals surface area contributed by atoms with E-state index < -0.39 is 0 Å². The van der Waals surface area contributed by atoms with Gasteiger partial charge in [-0.3, -0.25) is 4.79 Å². The maximum atomic E-state index is 11.9. The molecule has 1 N–H and O–H groups in total. The molecule has 2 heterocycles. The molecule has 7 heteroatoms. The molecule has 1 amide bonds. The number of ether oxygens (including phenoxy) is 2. The Balaban J connectivity index is 1.22. The Labute approximate surface area is 206 Å². The maximum Gasteiger partial charge on any atom is 0.286 e. The summed E-state index contributed by atoms with van der Waals surface area (Å²) < 4.78 is 18.6. The van der Waals surface area contributed by atoms with Gasteiger partial charge in [-0.1, -0.05) is 24.6 Å². The van der Waals surface area contributed by atoms with Gasteiger partial charge in [-0.15, -0.1) is 0 Å². The highest BCUT2D eigenvalue weighted by Gasteiger charge is 2.11. The van der Waals surface area contributed by atoms with Gasteiger partial charge in [-0.05, 0) is 62.1 Å². The van der Waals surface area contributed by atoms with Crippen LogP contribution in [0.5, 0.6) is 11.5 Å². The number of furan rings is 1. The lowest BCUT2D eigenvalue weighted by Gasteiger charge is -2.11. The first kappa shape index (κ1) is 24.4. The summed E-state index contributed by atoms with van der Waals surface area (Å²) in [5.74, 6) is 2.95. The van der Waals surface area contributed by atoms with Crippen LogP contribution in [0.2, 0.25) is 0 Å². The minimum Gasteiger partial charge on any atom is -0.497 e. The summed E-state index contributed by atoms with van der Waals surface area (Å²) in [6.07, 6.45) is 7.37. The van der Waals surface area contributed by atoms with Gasteiger partial charge in [-0.2, -0.15) is 0 Å². The van der Waals surface area contributed by atoms with Crippen LogP contribution in [0.1, 0.15) is 48.5 Å². The molecule has 0 aliphatic rings. The highest BCUT2D eigenvalue weighted by molar-refractivity contribution is 5.91. The summed E-state index contributed by atoms with van der Waals surface area (Å²) in [5, 5.41) is 2.90. The van der Waals surface area contributed by atoms with Gasteiger partial charge >= 0.3 is 0 Å². The summed E-state index contributed by atoms with van der Waals surface area (Å²) in [6, 6.07) is 19.4. The molecule has 7 nitrogen and oxygen atoms in total. The number of unbranched alkanes of at least 4 members (excludes halogenated alkanes) is 3. The lowest BCUT2D eigenvalue weighted by Crippen LogP contribution is -2.23. The number of rotatable bonds is 14. The molecule has 0 aliphatic heterocycles. The van der Waals surface area contributed by atoms with E-state index in [1.54, 1.807) is 19.2 Å². The van der Waals surface area contributed by atoms with Crippen molar-refractivity contribution in [1.82, 2.24) is 14.9 Å². The summed E-state index contributed by atoms with van der Waals surface area (Å²) in [4.78, 5) is 16.8. The van der Waals surface area contributed by atoms with Crippen molar-refractivity contribution in [2.75, 3.05) is 20.3 Å². The second-order valence-corrected chi connectivity index (χ2v) is 8.45. The number of hydrogen-bond donors (Lipinski definition) is 1. The number of aryl methyl sites for hydroxylation is 2. The van der Waals surface area contributed by atoms with E-state index in [0.29, 0.717) is 18.9 Å². The highest BCUT2D eigenvalue weighted by atomic mass is 16.5. The van der Waals surface area contributed by atoms with E-state index in [1.165, 1.54) is 11.8 Å². The molecule has 0 fully saturated rings. The van der Waals surface area contributed by atoms with E-state index >= 15 is 0 Å². The van der Waals surface area contributed by atoms with Gasteiger partial charge < -0.3 is 23.8 Å². The SMILES string of the molecule is COc1cccc(OCCCCn2c(CCCCCNC(=O)c3ccco3)nc3ccccc32)c1. The molecular formula is C28H33N3O4. The van der Waals surface area contributed by atoms with Crippen molar-refractivity contribution in [3.8, 4) is 11.5 Å². The average molecular weight is 476 g/mol. The first-order chi connectivity index (χ1) is 17.2. The molecular weight excluding hydrogens is 442 g/mol. The summed E-state index contributed by atoms with van der Waals surface area (Å²) in [5.41, 5.74) is 2.22. The zero-order valence-corrected chi connectivity index (χ0v) is 20.2. The smallest absolute Gasteiger partial charge is 0.286 e. The minimum absolute atomic E-state index is 0.160. The van der Waals surface area contributed by atoms with Crippen molar-refractivity contribution in [3.05, 3.63) is 78.5 Å². The standard InChI is InChI=1S/C28H33N3O4/c1-33-22-11-9-12-23(21-22)34-19-8-7-18-31-25-14-5-4-13-24(25)30-27(31)16-3-2-6-17-29-28(32)26-15-10-20-35-26/h4-5,9-15,20-21H,2-3,6-8,16-19H2,1H3,(H,29,32). The number of carbonyl (C=O) groups excluding carboxylic acids is 1. The van der Waals surface area contributed by atoms with Crippen LogP contribution < -0.4 is 14.8 Å². The molecule has 4 aromatic rings. The number of hydrogen-bond acceptors (Lipinski definition) is 5. The number of benzene rings is 2. The van der Waals surface area contributed by atoms with E-state index in [4.69, 9.17) is 18.9 Å². The Kier molecular flexibility index (Phi) is 8.81. The van der Waals surface area contributed by atoms with Crippen molar-refractivity contribution in [1.29, 1.82) is 0 Å². The lowest BCUT2D eigenvalue weighted by molar-refractivity contribution is 0.0925. The molecule has 2 aromatic heterocycles. The number of fused-ring (bicyclic) bond motifs is 1. The van der Waals surface area contributed by atoms with Gasteiger partial charge in [0.1, 0.15) is 17.3 Å². The Bertz CT molecular complexity index is 1200. The van der Waals surface area contributed by atoms with Crippen molar-refractivity contribution in [2.24, 2.45) is 0 Å². The van der Waals surface area contributed by atoms with E-state index in [-0.39, 0.29) is 5.91 Å². The zero-order chi connectivity index (χ0) is 24.3. The van der Waals surface area contributed by atoms with E-state index in [2.05, 4.69) is 28.1 Å². The Morgan fingerprint density at radius 3 is 2.71 bits per heavy atom. The second kappa shape index (κ2) is 12.6. The summed E-state index contributed by atoms with van der Waals surface area (Å²) in [6.45, 7) is 2.22. The quantitative estimate of drug-likeness (QED) is 0.239. The van der Waals surface area contributed by atoms with Crippen LogP contribution in [0.4, 0.5) is 0 Å². The molecule has 184 valence electrons. The molecule has 35 heavy (non-hydrogen) atoms. The van der Waals surface area contributed by atoms with E-state index in [1.807, 2.05) is 30.3 Å². The van der Waals surface area contributed by atoms with Crippen molar-refractivity contribution in [3.63, 3.8) is 0 Å². The fourth-order valence-corrected chi connectivity index (χ4v) is 4.10. The van der Waals surface area contributed by atoms with Gasteiger partial charge in [0.25, 0.3) is 5.91 Å². The van der Waals surface area contributed by atoms with Crippen LogP contribution in [0.25, 0.3) is 11.0 Å². The Hall–Kier alpha value is -3.74. The third kappa shape index (κ3) is 6.88. The number of carbonyl (C=O) groups is 1. The number of nitrogens with one attached hydrogen (secondary N) is 1. The number of para-hydroxylation sites is 2. The molecule has 4 rings (SSSR count). The molecule has 2 aromatic carbocycles. The monoisotopic (exact) mass is 475 g/mol. The number of aromatic nitrogens is 2. The van der Waals surface area contributed by atoms with Crippen molar-refractivity contribution in [2.45, 2.75) is 45.1 Å². The third-order valence-electron chi connectivity index (χ3n) is 5.93. The Morgan fingerprint density at radius 2 is 1.86 bits per heavy atom. The van der Waals surface area contributed by atoms with Gasteiger partial charge in [0.15, 0.2) is 5.76 Å². The fraction of sp³-hybridized carbons (Fsp3) is 0.357. The number of amides is 1. The molecule has 0 saturated carbocycles. The van der Waals surface area contributed by atoms with Crippen LogP contribution in [0, 0.1) is 0 Å². The molecule has 0 bridgehead atoms. The molecule has 0 atom stereocenters. The van der Waals surface area contributed by atoms with Gasteiger partial charge in [-0.25, -0.2) is 4.98 Å². The minimum atomic E-state index is -0.160. The fourth-order valence-electron chi connectivity index (χ4n) is 4.10. The van der Waals surface area contributed by atoms with Crippen LogP contribution in [0.3, 0.4) is 0 Å². The number of imidazole rings is 1. The lowest BCUT2D eigenvalue weighted by atomic mass is 10.2. The number of methoxy groups -OCH3 is 1. The van der Waals surface area contributed by atoms with Crippen molar-refractivity contribution >= 4 is 16.9 Å². The molecule has 0 spiro atoms. The first-order valence-electron chi connectivity index (χ1n) is 12.3. The largest absolute Gasteiger partial charge is 0.497 e. The average Bonchev–Trinajstić information content (AvgIpc) is 3.55. The van der Waals surface area contributed by atoms with E-state index in [9.17, 15) is 4.79 Å². The molecule has 0 saturated heterocycles. The summed E-state index contributed by atoms with van der Waals surface area (Å²) >= 11 is 0. The molecule has 0 radical (unpaired) electrons. The normalized spacial score (nSPS) is 11.0. The second-order valence-electron chi connectivity index (χ2n) is 8.45. The van der Waals surface area contributed by atoms with Crippen LogP contribution in [-0.4, -0.2) is 35.7 Å². The molecule has 0 aliphatic carbocycles. The van der Waals surface area contributed by atoms with Crippen molar-refractivity contribution < 1.29 is 18.7 Å². The van der Waals surface area contributed by atoms with E-state index in [0.717, 1.165) is 67.9 Å². The third-order valence-corrected chi connectivity index (χ3v) is 5.93. The maximum absolute atomic E-state index is 11.9. The van der Waals surface area contributed by atoms with Crippen LogP contribution in [0.15, 0.2) is 71.3 Å². The van der Waals surface area contributed by atoms with Crippen LogP contribution >= 0.6 is 0 Å². The summed E-state index contributed by atoms with van der Waals surface area (Å²) in [7, 11) is 1.66. The highest BCUT2D eigenvalue weighted by Crippen LogP contribution is 2.20. The zero-order valence-electron chi connectivity index (χ0n) is 20.2. The molecule has 0 unspecified atom stereocenters. The van der Waals surface area contributed by atoms with Gasteiger partial charge in [0.05, 0.1) is 31.0 Å². The van der Waals surface area contributed by atoms with Crippen LogP contribution in [-0.2, 0) is 13.0 Å². The Morgan fingerprint density at radius 1 is 0.971 bits per heavy atom. The number of nitrogens with zero attached hydrogens (tertiary/aromatic N) is 2. The van der Waals surface area contributed by atoms with Gasteiger partial charge in [0.2, 0.25) is 0 Å². The predicted molar refractivity (Wildman–Crippen MR) is 136 cm³/mol. The predicted octanol–water partition coefficient (Wildman–Crippen LogP) is 5.64. The first-order valence-corrected chi connectivity index (χ1v) is 12.3.